The number of aliphatic carboxylic acids is 1. The van der Waals surface area contributed by atoms with E-state index in [9.17, 15) is 4.79 Å². The fourth-order valence-electron chi connectivity index (χ4n) is 2.07. The molecule has 0 saturated carbocycles. The molecule has 1 unspecified atom stereocenters. The molecule has 0 amide bonds. The van der Waals surface area contributed by atoms with Crippen molar-refractivity contribution in [2.45, 2.75) is 26.3 Å². The van der Waals surface area contributed by atoms with Crippen LogP contribution >= 0.6 is 0 Å². The second-order valence-corrected chi connectivity index (χ2v) is 3.93. The van der Waals surface area contributed by atoms with Gasteiger partial charge >= 0.3 is 5.97 Å². The smallest absolute Gasteiger partial charge is 0.312 e. The van der Waals surface area contributed by atoms with Gasteiger partial charge in [0.2, 0.25) is 0 Å². The van der Waals surface area contributed by atoms with Crippen LogP contribution in [0.15, 0.2) is 30.3 Å². The van der Waals surface area contributed by atoms with E-state index < -0.39 is 11.9 Å². The Bertz CT molecular complexity index is 528. The van der Waals surface area contributed by atoms with Crippen LogP contribution in [0, 0.1) is 0 Å². The molecule has 3 heteroatoms. The van der Waals surface area contributed by atoms with Gasteiger partial charge in [-0.05, 0) is 31.4 Å². The van der Waals surface area contributed by atoms with Crippen LogP contribution < -0.4 is 0 Å². The van der Waals surface area contributed by atoms with Crippen molar-refractivity contribution in [3.05, 3.63) is 36.0 Å². The first-order valence-corrected chi connectivity index (χ1v) is 5.46. The molecule has 0 saturated heterocycles. The molecular weight excluding hydrogens is 202 g/mol. The quantitative estimate of drug-likeness (QED) is 0.859. The molecule has 16 heavy (non-hydrogen) atoms. The Kier molecular flexibility index (Phi) is 2.69. The zero-order chi connectivity index (χ0) is 11.7. The Labute approximate surface area is 94.3 Å². The minimum Gasteiger partial charge on any atom is -0.481 e. The molecule has 0 aliphatic heterocycles. The summed E-state index contributed by atoms with van der Waals surface area (Å²) < 4.78 is 2.06. The minimum absolute atomic E-state index is 0.465. The van der Waals surface area contributed by atoms with Crippen molar-refractivity contribution in [1.29, 1.82) is 0 Å². The normalized spacial score (nSPS) is 12.9. The van der Waals surface area contributed by atoms with Crippen LogP contribution in [0.2, 0.25) is 0 Å². The number of benzene rings is 1. The van der Waals surface area contributed by atoms with Crippen LogP contribution in [0.25, 0.3) is 10.9 Å². The van der Waals surface area contributed by atoms with Gasteiger partial charge in [0.15, 0.2) is 0 Å². The van der Waals surface area contributed by atoms with E-state index in [1.54, 1.807) is 6.92 Å². The highest BCUT2D eigenvalue weighted by atomic mass is 16.4. The van der Waals surface area contributed by atoms with E-state index in [0.717, 1.165) is 23.1 Å². The first-order valence-electron chi connectivity index (χ1n) is 5.46. The number of carboxylic acids is 1. The summed E-state index contributed by atoms with van der Waals surface area (Å²) in [7, 11) is 0. The summed E-state index contributed by atoms with van der Waals surface area (Å²) in [6, 6.07) is 9.95. The third-order valence-electron chi connectivity index (χ3n) is 2.97. The van der Waals surface area contributed by atoms with Gasteiger partial charge in [0.25, 0.3) is 0 Å². The Balaban J connectivity index is 2.65. The number of fused-ring (bicyclic) bond motifs is 1. The van der Waals surface area contributed by atoms with Crippen molar-refractivity contribution in [3.8, 4) is 0 Å². The number of nitrogens with zero attached hydrogens (tertiary/aromatic N) is 1. The maximum atomic E-state index is 11.0. The van der Waals surface area contributed by atoms with Crippen LogP contribution in [-0.2, 0) is 11.3 Å². The summed E-state index contributed by atoms with van der Waals surface area (Å²) in [6.45, 7) is 4.55. The van der Waals surface area contributed by atoms with E-state index in [2.05, 4.69) is 4.57 Å². The van der Waals surface area contributed by atoms with Gasteiger partial charge in [-0.2, -0.15) is 0 Å². The second-order valence-electron chi connectivity index (χ2n) is 3.93. The van der Waals surface area contributed by atoms with Gasteiger partial charge in [-0.3, -0.25) is 4.79 Å². The van der Waals surface area contributed by atoms with Crippen molar-refractivity contribution in [3.63, 3.8) is 0 Å². The minimum atomic E-state index is -0.780. The molecule has 0 aliphatic carbocycles. The van der Waals surface area contributed by atoms with Gasteiger partial charge in [-0.15, -0.1) is 0 Å². The van der Waals surface area contributed by atoms with E-state index in [-0.39, 0.29) is 0 Å². The molecule has 1 heterocycles. The van der Waals surface area contributed by atoms with Crippen LogP contribution in [-0.4, -0.2) is 15.6 Å². The van der Waals surface area contributed by atoms with E-state index in [1.807, 2.05) is 37.3 Å². The van der Waals surface area contributed by atoms with E-state index in [4.69, 9.17) is 5.11 Å². The molecule has 84 valence electrons. The Hall–Kier alpha value is -1.77. The van der Waals surface area contributed by atoms with Gasteiger partial charge < -0.3 is 9.67 Å². The maximum absolute atomic E-state index is 11.0. The zero-order valence-electron chi connectivity index (χ0n) is 9.47. The SMILES string of the molecule is CCn1c(C(C)C(=O)O)cc2ccccc21. The highest BCUT2D eigenvalue weighted by Gasteiger charge is 2.19. The summed E-state index contributed by atoms with van der Waals surface area (Å²) in [5.41, 5.74) is 1.98. The van der Waals surface area contributed by atoms with E-state index >= 15 is 0 Å². The molecule has 0 spiro atoms. The molecule has 2 rings (SSSR count). The Morgan fingerprint density at radius 2 is 2.12 bits per heavy atom. The number of para-hydroxylation sites is 1. The molecule has 0 radical (unpaired) electrons. The molecule has 1 atom stereocenters. The lowest BCUT2D eigenvalue weighted by Gasteiger charge is -2.10. The van der Waals surface area contributed by atoms with Crippen LogP contribution in [0.1, 0.15) is 25.5 Å². The fraction of sp³-hybridized carbons (Fsp3) is 0.308. The van der Waals surface area contributed by atoms with Crippen molar-refractivity contribution >= 4 is 16.9 Å². The average Bonchev–Trinajstić information content (AvgIpc) is 2.65. The molecule has 3 nitrogen and oxygen atoms in total. The van der Waals surface area contributed by atoms with Gasteiger partial charge in [0.05, 0.1) is 5.92 Å². The molecule has 0 aliphatic rings. The first kappa shape index (κ1) is 10.7. The number of carbonyl (C=O) groups is 1. The zero-order valence-corrected chi connectivity index (χ0v) is 9.47. The lowest BCUT2D eigenvalue weighted by molar-refractivity contribution is -0.138. The molecule has 1 aromatic carbocycles. The topological polar surface area (TPSA) is 42.2 Å². The summed E-state index contributed by atoms with van der Waals surface area (Å²) in [6.07, 6.45) is 0. The standard InChI is InChI=1S/C13H15NO2/c1-3-14-11-7-5-4-6-10(11)8-12(14)9(2)13(15)16/h4-9H,3H2,1-2H3,(H,15,16). The molecule has 0 bridgehead atoms. The predicted octanol–water partition coefficient (Wildman–Crippen LogP) is 2.85. The monoisotopic (exact) mass is 217 g/mol. The first-order chi connectivity index (χ1) is 7.65. The van der Waals surface area contributed by atoms with Crippen molar-refractivity contribution < 1.29 is 9.90 Å². The summed E-state index contributed by atoms with van der Waals surface area (Å²) in [5, 5.41) is 10.2. The van der Waals surface area contributed by atoms with E-state index in [1.165, 1.54) is 0 Å². The molecule has 0 fully saturated rings. The number of rotatable bonds is 3. The van der Waals surface area contributed by atoms with Gasteiger partial charge in [-0.1, -0.05) is 18.2 Å². The van der Waals surface area contributed by atoms with Crippen molar-refractivity contribution in [2.24, 2.45) is 0 Å². The van der Waals surface area contributed by atoms with Crippen LogP contribution in [0.3, 0.4) is 0 Å². The number of hydrogen-bond acceptors (Lipinski definition) is 1. The number of aryl methyl sites for hydroxylation is 1. The third-order valence-corrected chi connectivity index (χ3v) is 2.97. The summed E-state index contributed by atoms with van der Waals surface area (Å²) in [4.78, 5) is 11.0. The predicted molar refractivity (Wildman–Crippen MR) is 63.7 cm³/mol. The maximum Gasteiger partial charge on any atom is 0.312 e. The van der Waals surface area contributed by atoms with Crippen molar-refractivity contribution in [1.82, 2.24) is 4.57 Å². The van der Waals surface area contributed by atoms with Gasteiger partial charge in [0.1, 0.15) is 0 Å². The third kappa shape index (κ3) is 1.58. The average molecular weight is 217 g/mol. The van der Waals surface area contributed by atoms with E-state index in [0.29, 0.717) is 0 Å². The number of aromatic nitrogens is 1. The van der Waals surface area contributed by atoms with Crippen LogP contribution in [0.5, 0.6) is 0 Å². The second kappa shape index (κ2) is 4.00. The van der Waals surface area contributed by atoms with Gasteiger partial charge in [0, 0.05) is 17.8 Å². The molecular formula is C13H15NO2. The molecule has 1 N–H and O–H groups in total. The summed E-state index contributed by atoms with van der Waals surface area (Å²) in [5.74, 6) is -1.25. The van der Waals surface area contributed by atoms with Crippen molar-refractivity contribution in [2.75, 3.05) is 0 Å². The largest absolute Gasteiger partial charge is 0.481 e. The Morgan fingerprint density at radius 3 is 2.75 bits per heavy atom. The van der Waals surface area contributed by atoms with Crippen LogP contribution in [0.4, 0.5) is 0 Å². The fourth-order valence-corrected chi connectivity index (χ4v) is 2.07. The number of hydrogen-bond donors (Lipinski definition) is 1. The highest BCUT2D eigenvalue weighted by molar-refractivity contribution is 5.84. The molecule has 1 aromatic heterocycles. The Morgan fingerprint density at radius 1 is 1.44 bits per heavy atom. The summed E-state index contributed by atoms with van der Waals surface area (Å²) >= 11 is 0. The lowest BCUT2D eigenvalue weighted by atomic mass is 10.1. The highest BCUT2D eigenvalue weighted by Crippen LogP contribution is 2.25. The number of carboxylic acid groups (broad SMARTS) is 1. The van der Waals surface area contributed by atoms with Gasteiger partial charge in [-0.25, -0.2) is 0 Å². The molecule has 2 aromatic rings. The lowest BCUT2D eigenvalue weighted by Crippen LogP contribution is -2.12.